The van der Waals surface area contributed by atoms with Crippen LogP contribution < -0.4 is 5.32 Å². The molecule has 8 unspecified atom stereocenters. The molecule has 1 heterocycles. The van der Waals surface area contributed by atoms with E-state index < -0.39 is 58.8 Å². The summed E-state index contributed by atoms with van der Waals surface area (Å²) in [7, 11) is 1.20. The minimum atomic E-state index is -1.78. The first-order valence-corrected chi connectivity index (χ1v) is 15.2. The molecule has 0 aliphatic heterocycles. The molecule has 4 aliphatic carbocycles. The van der Waals surface area contributed by atoms with E-state index in [9.17, 15) is 34.2 Å². The molecule has 3 fully saturated rings. The van der Waals surface area contributed by atoms with E-state index in [2.05, 4.69) is 22.2 Å². The smallest absolute Gasteiger partial charge is 0.328 e. The lowest BCUT2D eigenvalue weighted by Gasteiger charge is -2.59. The number of Topliss-reactive ketones (excluding diaryl/α,β-unsaturated/α-hetero) is 1. The molecule has 5 rings (SSSR count). The van der Waals surface area contributed by atoms with Crippen molar-refractivity contribution in [1.82, 2.24) is 15.3 Å². The first-order valence-electron chi connectivity index (χ1n) is 15.2. The van der Waals surface area contributed by atoms with Gasteiger partial charge in [0, 0.05) is 41.5 Å². The molecule has 0 saturated heterocycles. The number of hydrogen-bond donors (Lipinski definition) is 4. The molecule has 0 aromatic carbocycles. The number of ether oxygens (including phenoxy) is 2. The summed E-state index contributed by atoms with van der Waals surface area (Å²) in [5, 5.41) is 25.9. The highest BCUT2D eigenvalue weighted by atomic mass is 16.5. The van der Waals surface area contributed by atoms with Crippen molar-refractivity contribution >= 4 is 29.4 Å². The maximum Gasteiger partial charge on any atom is 0.328 e. The standard InChI is InChI=1S/C32H41N3O9/c1-30-10-8-20(36)12-18(30)4-5-21-22-9-11-32(42,31(22,2)14-24(37)28(21)30)25(38)16-44-27(40)7-6-26(39)35-23(29(41)43-3)13-19-15-33-17-34-19/h8,10,12,15,17,21-24,28,37,42H,4-7,9,11,13-14,16H2,1-3H3,(H,33,34)(H,35,39). The summed E-state index contributed by atoms with van der Waals surface area (Å²) in [6, 6.07) is -0.979. The van der Waals surface area contributed by atoms with Gasteiger partial charge in [-0.2, -0.15) is 0 Å². The van der Waals surface area contributed by atoms with E-state index in [4.69, 9.17) is 9.47 Å². The maximum atomic E-state index is 13.5. The minimum Gasteiger partial charge on any atom is -0.467 e. The Hall–Kier alpha value is -3.64. The molecule has 238 valence electrons. The zero-order chi connectivity index (χ0) is 31.9. The molecule has 1 amide bonds. The van der Waals surface area contributed by atoms with Crippen LogP contribution in [0.3, 0.4) is 0 Å². The lowest BCUT2D eigenvalue weighted by atomic mass is 9.46. The van der Waals surface area contributed by atoms with Crippen LogP contribution in [0.5, 0.6) is 0 Å². The molecule has 1 aromatic heterocycles. The third kappa shape index (κ3) is 5.53. The average Bonchev–Trinajstić information content (AvgIpc) is 3.60. The van der Waals surface area contributed by atoms with E-state index in [1.54, 1.807) is 12.2 Å². The Morgan fingerprint density at radius 2 is 1.98 bits per heavy atom. The van der Waals surface area contributed by atoms with E-state index >= 15 is 0 Å². The number of carbonyl (C=O) groups is 5. The Labute approximate surface area is 255 Å². The van der Waals surface area contributed by atoms with Crippen molar-refractivity contribution in [3.05, 3.63) is 42.0 Å². The van der Waals surface area contributed by atoms with Gasteiger partial charge in [0.1, 0.15) is 11.6 Å². The first-order chi connectivity index (χ1) is 20.8. The highest BCUT2D eigenvalue weighted by Crippen LogP contribution is 2.67. The van der Waals surface area contributed by atoms with E-state index in [1.165, 1.54) is 19.6 Å². The van der Waals surface area contributed by atoms with Gasteiger partial charge in [-0.3, -0.25) is 19.2 Å². The van der Waals surface area contributed by atoms with Crippen LogP contribution >= 0.6 is 0 Å². The minimum absolute atomic E-state index is 0.0295. The van der Waals surface area contributed by atoms with Gasteiger partial charge in [0.2, 0.25) is 11.7 Å². The molecular weight excluding hydrogens is 570 g/mol. The van der Waals surface area contributed by atoms with Crippen LogP contribution in [0, 0.1) is 28.6 Å². The van der Waals surface area contributed by atoms with Gasteiger partial charge >= 0.3 is 11.9 Å². The van der Waals surface area contributed by atoms with Gasteiger partial charge in [-0.25, -0.2) is 9.78 Å². The van der Waals surface area contributed by atoms with Crippen molar-refractivity contribution in [3.8, 4) is 0 Å². The number of carbonyl (C=O) groups excluding carboxylic acids is 5. The Bertz CT molecular complexity index is 1390. The van der Waals surface area contributed by atoms with Crippen LogP contribution in [-0.4, -0.2) is 81.1 Å². The molecule has 3 saturated carbocycles. The van der Waals surface area contributed by atoms with Gasteiger partial charge in [0.15, 0.2) is 12.4 Å². The molecule has 44 heavy (non-hydrogen) atoms. The number of esters is 2. The Kier molecular flexibility index (Phi) is 8.69. The lowest BCUT2D eigenvalue weighted by molar-refractivity contribution is -0.181. The molecule has 0 spiro atoms. The van der Waals surface area contributed by atoms with Crippen LogP contribution in [-0.2, 0) is 39.9 Å². The maximum absolute atomic E-state index is 13.5. The lowest BCUT2D eigenvalue weighted by Crippen LogP contribution is -2.61. The predicted molar refractivity (Wildman–Crippen MR) is 154 cm³/mol. The number of H-pyrrole nitrogens is 1. The number of aromatic amines is 1. The molecule has 4 N–H and O–H groups in total. The SMILES string of the molecule is COC(=O)C(Cc1cnc[nH]1)NC(=O)CCC(=O)OCC(=O)C1(O)CCC2C3CCC4=CC(=O)C=CC4(C)C3C(O)CC21C. The Morgan fingerprint density at radius 3 is 2.68 bits per heavy atom. The van der Waals surface area contributed by atoms with Crippen molar-refractivity contribution in [2.45, 2.75) is 83.0 Å². The summed E-state index contributed by atoms with van der Waals surface area (Å²) in [5.41, 5.74) is -1.52. The number of ketones is 2. The number of hydrogen-bond acceptors (Lipinski definition) is 10. The van der Waals surface area contributed by atoms with Crippen molar-refractivity contribution in [1.29, 1.82) is 0 Å². The van der Waals surface area contributed by atoms with Gasteiger partial charge in [-0.05, 0) is 56.1 Å². The van der Waals surface area contributed by atoms with Gasteiger partial charge in [0.05, 0.1) is 26.0 Å². The molecule has 12 nitrogen and oxygen atoms in total. The van der Waals surface area contributed by atoms with Crippen molar-refractivity contribution in [3.63, 3.8) is 0 Å². The van der Waals surface area contributed by atoms with Crippen molar-refractivity contribution < 1.29 is 43.7 Å². The number of rotatable bonds is 10. The number of methoxy groups -OCH3 is 1. The number of nitrogens with zero attached hydrogens (tertiary/aromatic N) is 1. The van der Waals surface area contributed by atoms with E-state index in [1.807, 2.05) is 13.0 Å². The quantitative estimate of drug-likeness (QED) is 0.283. The second-order valence-corrected chi connectivity index (χ2v) is 13.1. The van der Waals surface area contributed by atoms with Crippen LogP contribution in [0.15, 0.2) is 36.3 Å². The summed E-state index contributed by atoms with van der Waals surface area (Å²) in [5.74, 6) is -2.80. The molecule has 1 aromatic rings. The van der Waals surface area contributed by atoms with E-state index in [0.717, 1.165) is 12.0 Å². The Balaban J connectivity index is 1.17. The number of aliphatic hydroxyl groups is 2. The summed E-state index contributed by atoms with van der Waals surface area (Å²) in [6.07, 6.45) is 9.31. The summed E-state index contributed by atoms with van der Waals surface area (Å²) < 4.78 is 9.95. The Morgan fingerprint density at radius 1 is 1.20 bits per heavy atom. The largest absolute Gasteiger partial charge is 0.467 e. The zero-order valence-electron chi connectivity index (χ0n) is 25.3. The van der Waals surface area contributed by atoms with Crippen LogP contribution in [0.2, 0.25) is 0 Å². The highest BCUT2D eigenvalue weighted by molar-refractivity contribution is 6.01. The number of aliphatic hydroxyl groups excluding tert-OH is 1. The zero-order valence-corrected chi connectivity index (χ0v) is 25.3. The fraction of sp³-hybridized carbons (Fsp3) is 0.625. The second kappa shape index (κ2) is 12.0. The summed E-state index contributed by atoms with van der Waals surface area (Å²) >= 11 is 0. The van der Waals surface area contributed by atoms with Gasteiger partial charge in [-0.1, -0.05) is 25.5 Å². The van der Waals surface area contributed by atoms with Crippen LogP contribution in [0.25, 0.3) is 0 Å². The van der Waals surface area contributed by atoms with E-state index in [0.29, 0.717) is 18.5 Å². The summed E-state index contributed by atoms with van der Waals surface area (Å²) in [4.78, 5) is 69.3. The summed E-state index contributed by atoms with van der Waals surface area (Å²) in [6.45, 7) is 3.26. The third-order valence-corrected chi connectivity index (χ3v) is 10.8. The van der Waals surface area contributed by atoms with E-state index in [-0.39, 0.29) is 55.6 Å². The fourth-order valence-electron chi connectivity index (χ4n) is 8.56. The molecule has 4 aliphatic rings. The molecule has 12 heteroatoms. The number of allylic oxidation sites excluding steroid dienone is 4. The molecule has 0 bridgehead atoms. The topological polar surface area (TPSA) is 185 Å². The number of fused-ring (bicyclic) bond motifs is 5. The van der Waals surface area contributed by atoms with Gasteiger partial charge in [-0.15, -0.1) is 0 Å². The monoisotopic (exact) mass is 611 g/mol. The van der Waals surface area contributed by atoms with Crippen LogP contribution in [0.1, 0.15) is 64.5 Å². The van der Waals surface area contributed by atoms with Crippen molar-refractivity contribution in [2.24, 2.45) is 28.6 Å². The van der Waals surface area contributed by atoms with Crippen molar-refractivity contribution in [2.75, 3.05) is 13.7 Å². The third-order valence-electron chi connectivity index (χ3n) is 10.8. The normalized spacial score (nSPS) is 34.6. The first kappa shape index (κ1) is 31.8. The number of aromatic nitrogens is 2. The predicted octanol–water partition coefficient (Wildman–Crippen LogP) is 1.51. The van der Waals surface area contributed by atoms with Crippen LogP contribution in [0.4, 0.5) is 0 Å². The molecule has 0 radical (unpaired) electrons. The number of imidazole rings is 1. The van der Waals surface area contributed by atoms with Gasteiger partial charge in [0.25, 0.3) is 0 Å². The molecule has 8 atom stereocenters. The number of nitrogens with one attached hydrogen (secondary N) is 2. The fourth-order valence-corrected chi connectivity index (χ4v) is 8.56. The second-order valence-electron chi connectivity index (χ2n) is 13.1. The molecular formula is C32H41N3O9. The van der Waals surface area contributed by atoms with Gasteiger partial charge < -0.3 is 30.0 Å². The average molecular weight is 612 g/mol. The number of amides is 1. The highest BCUT2D eigenvalue weighted by Gasteiger charge is 2.68.